The van der Waals surface area contributed by atoms with Crippen molar-refractivity contribution in [3.05, 3.63) is 30.1 Å². The Hall–Kier alpha value is -0.940. The summed E-state index contributed by atoms with van der Waals surface area (Å²) in [6.07, 6.45) is 3.16. The highest BCUT2D eigenvalue weighted by Gasteiger charge is 2.22. The average molecular weight is 228 g/mol. The lowest BCUT2D eigenvalue weighted by molar-refractivity contribution is 0.544. The highest BCUT2D eigenvalue weighted by Crippen LogP contribution is 2.09. The van der Waals surface area contributed by atoms with E-state index in [4.69, 9.17) is 5.73 Å². The zero-order valence-corrected chi connectivity index (χ0v) is 9.79. The molecule has 0 aliphatic heterocycles. The van der Waals surface area contributed by atoms with Crippen molar-refractivity contribution in [2.24, 2.45) is 5.73 Å². The molecule has 4 nitrogen and oxygen atoms in total. The van der Waals surface area contributed by atoms with Gasteiger partial charge in [-0.05, 0) is 31.5 Å². The van der Waals surface area contributed by atoms with Gasteiger partial charge in [-0.3, -0.25) is 4.98 Å². The van der Waals surface area contributed by atoms with Crippen molar-refractivity contribution >= 4 is 9.84 Å². The molecule has 0 aliphatic rings. The third-order valence-corrected chi connectivity index (χ3v) is 3.68. The molecule has 0 aliphatic carbocycles. The fraction of sp³-hybridized carbons (Fsp3) is 0.500. The van der Waals surface area contributed by atoms with Crippen molar-refractivity contribution in [1.82, 2.24) is 4.98 Å². The summed E-state index contributed by atoms with van der Waals surface area (Å²) in [5.74, 6) is 0.0124. The highest BCUT2D eigenvalue weighted by atomic mass is 32.2. The average Bonchev–Trinajstić information content (AvgIpc) is 1.99. The van der Waals surface area contributed by atoms with Crippen LogP contribution in [0.25, 0.3) is 0 Å². The van der Waals surface area contributed by atoms with Gasteiger partial charge in [-0.2, -0.15) is 0 Å². The monoisotopic (exact) mass is 228 g/mol. The Morgan fingerprint density at radius 3 is 2.33 bits per heavy atom. The van der Waals surface area contributed by atoms with E-state index in [-0.39, 0.29) is 11.5 Å². The van der Waals surface area contributed by atoms with Gasteiger partial charge in [0.05, 0.1) is 11.5 Å². The second-order valence-electron chi connectivity index (χ2n) is 4.38. The van der Waals surface area contributed by atoms with Crippen molar-refractivity contribution in [3.63, 3.8) is 0 Å². The van der Waals surface area contributed by atoms with Crippen LogP contribution in [-0.2, 0) is 15.6 Å². The van der Waals surface area contributed by atoms with E-state index < -0.39 is 15.4 Å². The van der Waals surface area contributed by atoms with Gasteiger partial charge in [-0.25, -0.2) is 8.42 Å². The van der Waals surface area contributed by atoms with Gasteiger partial charge >= 0.3 is 0 Å². The first-order valence-electron chi connectivity index (χ1n) is 4.67. The molecule has 84 valence electrons. The number of hydrogen-bond acceptors (Lipinski definition) is 4. The summed E-state index contributed by atoms with van der Waals surface area (Å²) in [5.41, 5.74) is 5.74. The summed E-state index contributed by atoms with van der Waals surface area (Å²) < 4.78 is 23.4. The largest absolute Gasteiger partial charge is 0.325 e. The molecule has 0 fully saturated rings. The Bertz CT molecular complexity index is 407. The summed E-state index contributed by atoms with van der Waals surface area (Å²) in [7, 11) is -3.15. The molecule has 1 heterocycles. The van der Waals surface area contributed by atoms with E-state index in [1.807, 2.05) is 0 Å². The highest BCUT2D eigenvalue weighted by molar-refractivity contribution is 7.90. The minimum Gasteiger partial charge on any atom is -0.325 e. The number of pyridine rings is 1. The standard InChI is InChI=1S/C10H16N2O2S/c1-10(2,11)8-15(13,14)7-9-3-5-12-6-4-9/h3-6H,7-8,11H2,1-2H3. The molecule has 0 atom stereocenters. The van der Waals surface area contributed by atoms with E-state index in [0.29, 0.717) is 0 Å². The first-order valence-corrected chi connectivity index (χ1v) is 6.49. The van der Waals surface area contributed by atoms with Gasteiger partial charge in [0.1, 0.15) is 0 Å². The second-order valence-corrected chi connectivity index (χ2v) is 6.44. The van der Waals surface area contributed by atoms with Gasteiger partial charge in [0, 0.05) is 17.9 Å². The molecule has 0 saturated heterocycles. The first kappa shape index (κ1) is 12.1. The third kappa shape index (κ3) is 4.90. The van der Waals surface area contributed by atoms with Gasteiger partial charge in [-0.1, -0.05) is 0 Å². The van der Waals surface area contributed by atoms with E-state index in [2.05, 4.69) is 4.98 Å². The summed E-state index contributed by atoms with van der Waals surface area (Å²) in [5, 5.41) is 0. The number of hydrogen-bond donors (Lipinski definition) is 1. The zero-order chi connectivity index (χ0) is 11.5. The molecule has 1 aromatic rings. The third-order valence-electron chi connectivity index (χ3n) is 1.73. The van der Waals surface area contributed by atoms with Crippen molar-refractivity contribution < 1.29 is 8.42 Å². The minimum absolute atomic E-state index is 0.0116. The summed E-state index contributed by atoms with van der Waals surface area (Å²) in [6, 6.07) is 3.39. The van der Waals surface area contributed by atoms with Gasteiger partial charge in [0.15, 0.2) is 9.84 Å². The van der Waals surface area contributed by atoms with Crippen LogP contribution in [0.1, 0.15) is 19.4 Å². The first-order chi connectivity index (χ1) is 6.79. The Labute approximate surface area is 90.4 Å². The van der Waals surface area contributed by atoms with Crippen LogP contribution in [0.4, 0.5) is 0 Å². The molecule has 0 saturated carbocycles. The van der Waals surface area contributed by atoms with E-state index in [0.717, 1.165) is 5.56 Å². The Balaban J connectivity index is 2.74. The maximum Gasteiger partial charge on any atom is 0.156 e. The molecule has 0 amide bonds. The summed E-state index contributed by atoms with van der Waals surface area (Å²) in [6.45, 7) is 3.41. The molecule has 1 rings (SSSR count). The van der Waals surface area contributed by atoms with Crippen LogP contribution in [0.5, 0.6) is 0 Å². The van der Waals surface area contributed by atoms with Gasteiger partial charge < -0.3 is 5.73 Å². The van der Waals surface area contributed by atoms with Crippen molar-refractivity contribution in [3.8, 4) is 0 Å². The SMILES string of the molecule is CC(C)(N)CS(=O)(=O)Cc1ccncc1. The van der Waals surface area contributed by atoms with Gasteiger partial charge in [0.25, 0.3) is 0 Å². The lowest BCUT2D eigenvalue weighted by atomic mass is 10.1. The number of nitrogens with zero attached hydrogens (tertiary/aromatic N) is 1. The molecular formula is C10H16N2O2S. The smallest absolute Gasteiger partial charge is 0.156 e. The maximum atomic E-state index is 11.7. The van der Waals surface area contributed by atoms with Crippen LogP contribution in [0.15, 0.2) is 24.5 Å². The molecule has 0 radical (unpaired) electrons. The van der Waals surface area contributed by atoms with Crippen LogP contribution >= 0.6 is 0 Å². The van der Waals surface area contributed by atoms with Crippen LogP contribution in [0, 0.1) is 0 Å². The van der Waals surface area contributed by atoms with Crippen molar-refractivity contribution in [1.29, 1.82) is 0 Å². The maximum absolute atomic E-state index is 11.7. The molecule has 0 aromatic carbocycles. The lowest BCUT2D eigenvalue weighted by Gasteiger charge is -2.18. The predicted molar refractivity (Wildman–Crippen MR) is 60.0 cm³/mol. The van der Waals surface area contributed by atoms with Crippen molar-refractivity contribution in [2.45, 2.75) is 25.1 Å². The van der Waals surface area contributed by atoms with Crippen molar-refractivity contribution in [2.75, 3.05) is 5.75 Å². The number of aromatic nitrogens is 1. The van der Waals surface area contributed by atoms with Crippen LogP contribution in [-0.4, -0.2) is 24.7 Å². The molecule has 15 heavy (non-hydrogen) atoms. The molecule has 0 unspecified atom stereocenters. The van der Waals surface area contributed by atoms with E-state index >= 15 is 0 Å². The van der Waals surface area contributed by atoms with Crippen LogP contribution in [0.3, 0.4) is 0 Å². The predicted octanol–water partition coefficient (Wildman–Crippen LogP) is 0.734. The van der Waals surface area contributed by atoms with E-state index in [1.165, 1.54) is 0 Å². The number of sulfone groups is 1. The topological polar surface area (TPSA) is 73.1 Å². The molecule has 0 bridgehead atoms. The Morgan fingerprint density at radius 1 is 1.33 bits per heavy atom. The normalized spacial score (nSPS) is 12.7. The quantitative estimate of drug-likeness (QED) is 0.824. The zero-order valence-electron chi connectivity index (χ0n) is 8.97. The Kier molecular flexibility index (Phi) is 3.46. The van der Waals surface area contributed by atoms with E-state index in [1.54, 1.807) is 38.4 Å². The molecule has 0 spiro atoms. The fourth-order valence-corrected chi connectivity index (χ4v) is 3.29. The molecule has 5 heteroatoms. The lowest BCUT2D eigenvalue weighted by Crippen LogP contribution is -2.40. The van der Waals surface area contributed by atoms with Crippen LogP contribution < -0.4 is 5.73 Å². The number of rotatable bonds is 4. The van der Waals surface area contributed by atoms with Gasteiger partial charge in [-0.15, -0.1) is 0 Å². The summed E-state index contributed by atoms with van der Waals surface area (Å²) in [4.78, 5) is 3.83. The minimum atomic E-state index is -3.15. The van der Waals surface area contributed by atoms with Gasteiger partial charge in [0.2, 0.25) is 0 Å². The molecular weight excluding hydrogens is 212 g/mol. The molecule has 1 aromatic heterocycles. The Morgan fingerprint density at radius 2 is 1.87 bits per heavy atom. The van der Waals surface area contributed by atoms with Crippen LogP contribution in [0.2, 0.25) is 0 Å². The number of nitrogens with two attached hydrogens (primary N) is 1. The summed E-state index contributed by atoms with van der Waals surface area (Å²) >= 11 is 0. The molecule has 2 N–H and O–H groups in total. The second kappa shape index (κ2) is 4.28. The fourth-order valence-electron chi connectivity index (χ4n) is 1.35. The van der Waals surface area contributed by atoms with E-state index in [9.17, 15) is 8.42 Å².